The van der Waals surface area contributed by atoms with Crippen LogP contribution in [0.1, 0.15) is 17.5 Å². The van der Waals surface area contributed by atoms with Gasteiger partial charge in [-0.15, -0.1) is 0 Å². The second-order valence-electron chi connectivity index (χ2n) is 4.02. The number of hydrogen-bond acceptors (Lipinski definition) is 3. The molecule has 2 nitrogen and oxygen atoms in total. The number of hydrogen-bond donors (Lipinski definition) is 2. The first-order chi connectivity index (χ1) is 9.05. The summed E-state index contributed by atoms with van der Waals surface area (Å²) in [4.78, 5) is 0. The first kappa shape index (κ1) is 16.3. The predicted molar refractivity (Wildman–Crippen MR) is 72.2 cm³/mol. The molecule has 0 spiro atoms. The van der Waals surface area contributed by atoms with Crippen molar-refractivity contribution in [2.24, 2.45) is 0 Å². The van der Waals surface area contributed by atoms with E-state index in [2.05, 4.69) is 5.32 Å². The quantitative estimate of drug-likeness (QED) is 0.723. The highest BCUT2D eigenvalue weighted by molar-refractivity contribution is 7.99. The van der Waals surface area contributed by atoms with Crippen LogP contribution in [0.25, 0.3) is 0 Å². The number of nitrogens with one attached hydrogen (secondary N) is 1. The summed E-state index contributed by atoms with van der Waals surface area (Å²) >= 11 is 1.68. The molecule has 108 valence electrons. The molecule has 0 saturated carbocycles. The highest BCUT2D eigenvalue weighted by atomic mass is 32.2. The zero-order chi connectivity index (χ0) is 14.1. The van der Waals surface area contributed by atoms with E-state index in [0.29, 0.717) is 6.54 Å². The number of benzene rings is 1. The second-order valence-corrected chi connectivity index (χ2v) is 5.25. The smallest absolute Gasteiger partial charge is 0.396 e. The number of alkyl halides is 3. The maximum atomic E-state index is 12.7. The monoisotopic (exact) mass is 293 g/mol. The fourth-order valence-corrected chi connectivity index (χ4v) is 2.41. The van der Waals surface area contributed by atoms with Gasteiger partial charge < -0.3 is 10.4 Å². The van der Waals surface area contributed by atoms with Crippen LogP contribution in [0.4, 0.5) is 13.2 Å². The van der Waals surface area contributed by atoms with Crippen molar-refractivity contribution < 1.29 is 18.3 Å². The molecule has 2 N–H and O–H groups in total. The molecule has 0 aliphatic rings. The van der Waals surface area contributed by atoms with Gasteiger partial charge in [-0.3, -0.25) is 0 Å². The molecule has 1 aromatic rings. The third kappa shape index (κ3) is 6.31. The molecule has 6 heteroatoms. The Morgan fingerprint density at radius 1 is 1.16 bits per heavy atom. The third-order valence-electron chi connectivity index (χ3n) is 2.51. The van der Waals surface area contributed by atoms with E-state index in [1.54, 1.807) is 17.8 Å². The lowest BCUT2D eigenvalue weighted by atomic mass is 10.1. The van der Waals surface area contributed by atoms with E-state index >= 15 is 0 Å². The topological polar surface area (TPSA) is 32.3 Å². The normalized spacial score (nSPS) is 11.8. The summed E-state index contributed by atoms with van der Waals surface area (Å²) in [5.41, 5.74) is -0.300. The average molecular weight is 293 g/mol. The molecular formula is C13H18F3NOS. The molecule has 0 aliphatic carbocycles. The first-order valence-electron chi connectivity index (χ1n) is 6.10. The molecule has 19 heavy (non-hydrogen) atoms. The standard InChI is InChI=1S/C13H18F3NOS/c14-13(15,16)12-5-2-1-4-11(12)10-17-6-9-19-8-3-7-18/h1-2,4-5,17-18H,3,6-10H2. The van der Waals surface area contributed by atoms with E-state index in [9.17, 15) is 13.2 Å². The Morgan fingerprint density at radius 2 is 1.89 bits per heavy atom. The van der Waals surface area contributed by atoms with Gasteiger partial charge in [0.25, 0.3) is 0 Å². The second kappa shape index (κ2) is 8.45. The van der Waals surface area contributed by atoms with Crippen LogP contribution in [0, 0.1) is 0 Å². The number of halogens is 3. The molecule has 0 heterocycles. The number of aliphatic hydroxyl groups excluding tert-OH is 1. The Morgan fingerprint density at radius 3 is 2.58 bits per heavy atom. The Balaban J connectivity index is 2.33. The Kier molecular flexibility index (Phi) is 7.27. The van der Waals surface area contributed by atoms with Gasteiger partial charge in [0, 0.05) is 25.4 Å². The van der Waals surface area contributed by atoms with Crippen LogP contribution in [0.15, 0.2) is 24.3 Å². The van der Waals surface area contributed by atoms with E-state index in [0.717, 1.165) is 24.0 Å². The summed E-state index contributed by atoms with van der Waals surface area (Å²) in [5.74, 6) is 1.70. The van der Waals surface area contributed by atoms with Gasteiger partial charge in [-0.05, 0) is 23.8 Å². The molecule has 0 bridgehead atoms. The molecule has 1 aromatic carbocycles. The van der Waals surface area contributed by atoms with Gasteiger partial charge in [0.05, 0.1) is 5.56 Å². The molecule has 0 atom stereocenters. The van der Waals surface area contributed by atoms with E-state index < -0.39 is 11.7 Å². The van der Waals surface area contributed by atoms with Crippen LogP contribution in [-0.4, -0.2) is 29.8 Å². The molecule has 0 aromatic heterocycles. The highest BCUT2D eigenvalue weighted by Gasteiger charge is 2.32. The van der Waals surface area contributed by atoms with Crippen molar-refractivity contribution in [2.45, 2.75) is 19.1 Å². The third-order valence-corrected chi connectivity index (χ3v) is 3.58. The molecular weight excluding hydrogens is 275 g/mol. The van der Waals surface area contributed by atoms with E-state index in [1.807, 2.05) is 0 Å². The summed E-state index contributed by atoms with van der Waals surface area (Å²) in [6.45, 7) is 1.05. The van der Waals surface area contributed by atoms with Crippen molar-refractivity contribution in [1.29, 1.82) is 0 Å². The lowest BCUT2D eigenvalue weighted by Gasteiger charge is -2.13. The number of thioether (sulfide) groups is 1. The molecule has 0 saturated heterocycles. The number of rotatable bonds is 8. The van der Waals surface area contributed by atoms with Crippen molar-refractivity contribution in [3.05, 3.63) is 35.4 Å². The fraction of sp³-hybridized carbons (Fsp3) is 0.538. The van der Waals surface area contributed by atoms with Gasteiger partial charge >= 0.3 is 6.18 Å². The summed E-state index contributed by atoms with van der Waals surface area (Å²) in [5, 5.41) is 11.6. The maximum Gasteiger partial charge on any atom is 0.416 e. The molecule has 0 radical (unpaired) electrons. The first-order valence-corrected chi connectivity index (χ1v) is 7.25. The highest BCUT2D eigenvalue weighted by Crippen LogP contribution is 2.31. The van der Waals surface area contributed by atoms with E-state index in [4.69, 9.17) is 5.11 Å². The summed E-state index contributed by atoms with van der Waals surface area (Å²) < 4.78 is 38.1. The lowest BCUT2D eigenvalue weighted by molar-refractivity contribution is -0.138. The minimum Gasteiger partial charge on any atom is -0.396 e. The van der Waals surface area contributed by atoms with E-state index in [-0.39, 0.29) is 18.7 Å². The van der Waals surface area contributed by atoms with Gasteiger partial charge in [-0.2, -0.15) is 24.9 Å². The van der Waals surface area contributed by atoms with Crippen molar-refractivity contribution in [3.63, 3.8) is 0 Å². The van der Waals surface area contributed by atoms with Crippen molar-refractivity contribution in [3.8, 4) is 0 Å². The summed E-state index contributed by atoms with van der Waals surface area (Å²) in [6, 6.07) is 5.61. The number of aliphatic hydroxyl groups is 1. The van der Waals surface area contributed by atoms with Crippen molar-refractivity contribution >= 4 is 11.8 Å². The van der Waals surface area contributed by atoms with Gasteiger partial charge in [-0.1, -0.05) is 18.2 Å². The summed E-state index contributed by atoms with van der Waals surface area (Å²) in [7, 11) is 0. The van der Waals surface area contributed by atoms with Crippen LogP contribution in [0.2, 0.25) is 0 Å². The van der Waals surface area contributed by atoms with Crippen LogP contribution in [0.5, 0.6) is 0 Å². The SMILES string of the molecule is OCCCSCCNCc1ccccc1C(F)(F)F. The minimum absolute atomic E-state index is 0.180. The Hall–Kier alpha value is -0.720. The Labute approximate surface area is 115 Å². The van der Waals surface area contributed by atoms with Crippen molar-refractivity contribution in [1.82, 2.24) is 5.32 Å². The van der Waals surface area contributed by atoms with Crippen LogP contribution < -0.4 is 5.32 Å². The van der Waals surface area contributed by atoms with Gasteiger partial charge in [0.1, 0.15) is 0 Å². The molecule has 0 fully saturated rings. The maximum absolute atomic E-state index is 12.7. The fourth-order valence-electron chi connectivity index (χ4n) is 1.59. The van der Waals surface area contributed by atoms with Gasteiger partial charge in [0.15, 0.2) is 0 Å². The Bertz CT molecular complexity index is 371. The average Bonchev–Trinajstić information content (AvgIpc) is 2.37. The molecule has 0 aliphatic heterocycles. The molecule has 0 unspecified atom stereocenters. The molecule has 1 rings (SSSR count). The van der Waals surface area contributed by atoms with Crippen LogP contribution >= 0.6 is 11.8 Å². The van der Waals surface area contributed by atoms with E-state index in [1.165, 1.54) is 12.1 Å². The zero-order valence-electron chi connectivity index (χ0n) is 10.5. The largest absolute Gasteiger partial charge is 0.416 e. The molecule has 0 amide bonds. The zero-order valence-corrected chi connectivity index (χ0v) is 11.4. The van der Waals surface area contributed by atoms with Crippen molar-refractivity contribution in [2.75, 3.05) is 24.7 Å². The van der Waals surface area contributed by atoms with Gasteiger partial charge in [-0.25, -0.2) is 0 Å². The van der Waals surface area contributed by atoms with Crippen LogP contribution in [0.3, 0.4) is 0 Å². The van der Waals surface area contributed by atoms with Gasteiger partial charge in [0.2, 0.25) is 0 Å². The summed E-state index contributed by atoms with van der Waals surface area (Å²) in [6.07, 6.45) is -3.55. The predicted octanol–water partition coefficient (Wildman–Crippen LogP) is 2.91. The lowest BCUT2D eigenvalue weighted by Crippen LogP contribution is -2.19. The minimum atomic E-state index is -4.30. The van der Waals surface area contributed by atoms with Crippen LogP contribution in [-0.2, 0) is 12.7 Å².